The van der Waals surface area contributed by atoms with Gasteiger partial charge in [-0.25, -0.2) is 0 Å². The van der Waals surface area contributed by atoms with Gasteiger partial charge in [0, 0.05) is 35.3 Å². The highest BCUT2D eigenvalue weighted by atomic mass is 35.5. The van der Waals surface area contributed by atoms with E-state index in [0.29, 0.717) is 5.02 Å². The van der Waals surface area contributed by atoms with Gasteiger partial charge < -0.3 is 10.2 Å². The molecule has 1 aromatic rings. The van der Waals surface area contributed by atoms with Crippen LogP contribution in [0.5, 0.6) is 0 Å². The fourth-order valence-electron chi connectivity index (χ4n) is 2.54. The average molecular weight is 295 g/mol. The second kappa shape index (κ2) is 7.09. The summed E-state index contributed by atoms with van der Waals surface area (Å²) in [5.41, 5.74) is 1.60. The molecule has 110 valence electrons. The smallest absolute Gasteiger partial charge is 0.167 e. The Kier molecular flexibility index (Phi) is 5.44. The maximum Gasteiger partial charge on any atom is 0.167 e. The van der Waals surface area contributed by atoms with E-state index in [2.05, 4.69) is 10.2 Å². The number of halogens is 1. The molecule has 1 heterocycles. The summed E-state index contributed by atoms with van der Waals surface area (Å²) in [6.45, 7) is 8.08. The lowest BCUT2D eigenvalue weighted by Crippen LogP contribution is -2.26. The van der Waals surface area contributed by atoms with Crippen LogP contribution in [0, 0.1) is 5.92 Å². The zero-order valence-corrected chi connectivity index (χ0v) is 13.0. The molecule has 0 unspecified atom stereocenters. The highest BCUT2D eigenvalue weighted by Gasteiger charge is 2.16. The third-order valence-electron chi connectivity index (χ3n) is 3.71. The largest absolute Gasteiger partial charge is 0.383 e. The summed E-state index contributed by atoms with van der Waals surface area (Å²) in [4.78, 5) is 14.6. The number of ketones is 1. The third kappa shape index (κ3) is 3.97. The van der Waals surface area contributed by atoms with E-state index < -0.39 is 0 Å². The number of benzene rings is 1. The second-order valence-electron chi connectivity index (χ2n) is 5.68. The molecule has 20 heavy (non-hydrogen) atoms. The van der Waals surface area contributed by atoms with Gasteiger partial charge in [-0.1, -0.05) is 25.4 Å². The van der Waals surface area contributed by atoms with Gasteiger partial charge in [-0.3, -0.25) is 4.79 Å². The molecule has 4 heteroatoms. The third-order valence-corrected chi connectivity index (χ3v) is 3.95. The zero-order chi connectivity index (χ0) is 14.5. The molecule has 0 bridgehead atoms. The summed E-state index contributed by atoms with van der Waals surface area (Å²) in [7, 11) is 0. The molecule has 0 amide bonds. The lowest BCUT2D eigenvalue weighted by atomic mass is 9.99. The SMILES string of the molecule is CC(C)C(=O)c1ccc(Cl)cc1NCCN1CCCC1. The van der Waals surface area contributed by atoms with Crippen molar-refractivity contribution in [1.82, 2.24) is 4.90 Å². The quantitative estimate of drug-likeness (QED) is 0.812. The van der Waals surface area contributed by atoms with Gasteiger partial charge in [0.25, 0.3) is 0 Å². The molecule has 0 spiro atoms. The van der Waals surface area contributed by atoms with Crippen molar-refractivity contribution in [3.63, 3.8) is 0 Å². The topological polar surface area (TPSA) is 32.3 Å². The number of anilines is 1. The minimum absolute atomic E-state index is 0.00434. The molecule has 3 nitrogen and oxygen atoms in total. The van der Waals surface area contributed by atoms with E-state index in [9.17, 15) is 4.79 Å². The minimum atomic E-state index is -0.00434. The van der Waals surface area contributed by atoms with Gasteiger partial charge in [-0.05, 0) is 44.1 Å². The maximum absolute atomic E-state index is 12.2. The van der Waals surface area contributed by atoms with E-state index >= 15 is 0 Å². The molecule has 1 aliphatic heterocycles. The van der Waals surface area contributed by atoms with Crippen molar-refractivity contribution in [3.8, 4) is 0 Å². The summed E-state index contributed by atoms with van der Waals surface area (Å²) in [5, 5.41) is 4.03. The predicted octanol–water partition coefficient (Wildman–Crippen LogP) is 3.69. The van der Waals surface area contributed by atoms with Crippen LogP contribution >= 0.6 is 11.6 Å². The van der Waals surface area contributed by atoms with Crippen molar-refractivity contribution in [2.24, 2.45) is 5.92 Å². The Morgan fingerprint density at radius 2 is 2.05 bits per heavy atom. The number of nitrogens with zero attached hydrogens (tertiary/aromatic N) is 1. The summed E-state index contributed by atoms with van der Waals surface area (Å²) < 4.78 is 0. The first-order valence-corrected chi connectivity index (χ1v) is 7.75. The average Bonchev–Trinajstić information content (AvgIpc) is 2.91. The fraction of sp³-hybridized carbons (Fsp3) is 0.562. The molecule has 2 rings (SSSR count). The highest BCUT2D eigenvalue weighted by molar-refractivity contribution is 6.31. The van der Waals surface area contributed by atoms with Gasteiger partial charge in [-0.15, -0.1) is 0 Å². The number of hydrogen-bond donors (Lipinski definition) is 1. The van der Waals surface area contributed by atoms with Gasteiger partial charge in [0.15, 0.2) is 5.78 Å². The Morgan fingerprint density at radius 1 is 1.35 bits per heavy atom. The van der Waals surface area contributed by atoms with E-state index in [1.165, 1.54) is 25.9 Å². The monoisotopic (exact) mass is 294 g/mol. The first-order valence-electron chi connectivity index (χ1n) is 7.38. The van der Waals surface area contributed by atoms with Crippen molar-refractivity contribution in [2.75, 3.05) is 31.5 Å². The van der Waals surface area contributed by atoms with Crippen LogP contribution in [0.2, 0.25) is 5.02 Å². The summed E-state index contributed by atoms with van der Waals surface area (Å²) in [5.74, 6) is 0.153. The molecular formula is C16H23ClN2O. The minimum Gasteiger partial charge on any atom is -0.383 e. The summed E-state index contributed by atoms with van der Waals surface area (Å²) in [6.07, 6.45) is 2.60. The molecular weight excluding hydrogens is 272 g/mol. The van der Waals surface area contributed by atoms with Crippen LogP contribution < -0.4 is 5.32 Å². The van der Waals surface area contributed by atoms with E-state index in [1.807, 2.05) is 26.0 Å². The van der Waals surface area contributed by atoms with Crippen LogP contribution in [0.15, 0.2) is 18.2 Å². The fourth-order valence-corrected chi connectivity index (χ4v) is 2.72. The van der Waals surface area contributed by atoms with E-state index in [4.69, 9.17) is 11.6 Å². The number of rotatable bonds is 6. The first kappa shape index (κ1) is 15.3. The van der Waals surface area contributed by atoms with Gasteiger partial charge in [-0.2, -0.15) is 0 Å². The zero-order valence-electron chi connectivity index (χ0n) is 12.3. The van der Waals surface area contributed by atoms with Gasteiger partial charge >= 0.3 is 0 Å². The number of carbonyl (C=O) groups excluding carboxylic acids is 1. The van der Waals surface area contributed by atoms with Crippen LogP contribution in [0.4, 0.5) is 5.69 Å². The van der Waals surface area contributed by atoms with Gasteiger partial charge in [0.2, 0.25) is 0 Å². The number of hydrogen-bond acceptors (Lipinski definition) is 3. The highest BCUT2D eigenvalue weighted by Crippen LogP contribution is 2.23. The maximum atomic E-state index is 12.2. The van der Waals surface area contributed by atoms with Crippen LogP contribution in [-0.4, -0.2) is 36.9 Å². The van der Waals surface area contributed by atoms with Crippen molar-refractivity contribution in [3.05, 3.63) is 28.8 Å². The van der Waals surface area contributed by atoms with Crippen LogP contribution in [0.3, 0.4) is 0 Å². The molecule has 1 N–H and O–H groups in total. The number of carbonyl (C=O) groups is 1. The molecule has 0 atom stereocenters. The lowest BCUT2D eigenvalue weighted by Gasteiger charge is -2.17. The number of Topliss-reactive ketones (excluding diaryl/α,β-unsaturated/α-hetero) is 1. The van der Waals surface area contributed by atoms with E-state index in [-0.39, 0.29) is 11.7 Å². The Bertz CT molecular complexity index is 468. The van der Waals surface area contributed by atoms with Gasteiger partial charge in [0.05, 0.1) is 0 Å². The summed E-state index contributed by atoms with van der Waals surface area (Å²) in [6, 6.07) is 5.45. The molecule has 0 aliphatic carbocycles. The summed E-state index contributed by atoms with van der Waals surface area (Å²) >= 11 is 6.05. The van der Waals surface area contributed by atoms with E-state index in [1.54, 1.807) is 6.07 Å². The second-order valence-corrected chi connectivity index (χ2v) is 6.12. The van der Waals surface area contributed by atoms with Crippen molar-refractivity contribution < 1.29 is 4.79 Å². The molecule has 1 aliphatic rings. The number of likely N-dealkylation sites (tertiary alicyclic amines) is 1. The van der Waals surface area contributed by atoms with Crippen molar-refractivity contribution in [2.45, 2.75) is 26.7 Å². The standard InChI is InChI=1S/C16H23ClN2O/c1-12(2)16(20)14-6-5-13(17)11-15(14)18-7-10-19-8-3-4-9-19/h5-6,11-12,18H,3-4,7-10H2,1-2H3. The Balaban J connectivity index is 2.01. The Morgan fingerprint density at radius 3 is 2.70 bits per heavy atom. The Labute approximate surface area is 126 Å². The van der Waals surface area contributed by atoms with E-state index in [0.717, 1.165) is 24.3 Å². The van der Waals surface area contributed by atoms with Crippen LogP contribution in [0.1, 0.15) is 37.0 Å². The predicted molar refractivity (Wildman–Crippen MR) is 84.8 cm³/mol. The molecule has 0 saturated carbocycles. The molecule has 1 aromatic carbocycles. The normalized spacial score (nSPS) is 15.8. The van der Waals surface area contributed by atoms with Crippen molar-refractivity contribution >= 4 is 23.1 Å². The number of nitrogens with one attached hydrogen (secondary N) is 1. The molecule has 0 aromatic heterocycles. The first-order chi connectivity index (χ1) is 9.58. The Hall–Kier alpha value is -1.06. The molecule has 0 radical (unpaired) electrons. The molecule has 1 fully saturated rings. The van der Waals surface area contributed by atoms with Crippen molar-refractivity contribution in [1.29, 1.82) is 0 Å². The van der Waals surface area contributed by atoms with Crippen LogP contribution in [-0.2, 0) is 0 Å². The van der Waals surface area contributed by atoms with Crippen LogP contribution in [0.25, 0.3) is 0 Å². The van der Waals surface area contributed by atoms with Gasteiger partial charge in [0.1, 0.15) is 0 Å². The lowest BCUT2D eigenvalue weighted by molar-refractivity contribution is 0.0940. The molecule has 1 saturated heterocycles.